The van der Waals surface area contributed by atoms with Gasteiger partial charge in [-0.2, -0.15) is 0 Å². The smallest absolute Gasteiger partial charge is 0.127 e. The third kappa shape index (κ3) is 3.14. The molecule has 0 radical (unpaired) electrons. The van der Waals surface area contributed by atoms with E-state index >= 15 is 0 Å². The molecule has 0 aliphatic heterocycles. The first-order chi connectivity index (χ1) is 8.29. The summed E-state index contributed by atoms with van der Waals surface area (Å²) < 4.78 is 0. The number of aldehydes is 1. The average Bonchev–Trinajstić information content (AvgIpc) is 2.38. The molecule has 17 heavy (non-hydrogen) atoms. The highest BCUT2D eigenvalue weighted by Gasteiger charge is 2.10. The van der Waals surface area contributed by atoms with Crippen molar-refractivity contribution in [2.45, 2.75) is 12.3 Å². The first-order valence-corrected chi connectivity index (χ1v) is 5.77. The predicted octanol–water partition coefficient (Wildman–Crippen LogP) is 3.26. The van der Waals surface area contributed by atoms with Gasteiger partial charge < -0.3 is 4.79 Å². The van der Waals surface area contributed by atoms with Crippen LogP contribution in [0.1, 0.15) is 17.0 Å². The molecule has 2 aromatic rings. The van der Waals surface area contributed by atoms with Crippen molar-refractivity contribution < 1.29 is 4.79 Å². The second-order valence-electron chi connectivity index (χ2n) is 3.85. The Morgan fingerprint density at radius 2 is 1.76 bits per heavy atom. The Kier molecular flexibility index (Phi) is 3.89. The molecule has 1 unspecified atom stereocenters. The molecule has 0 bridgehead atoms. The van der Waals surface area contributed by atoms with Gasteiger partial charge in [-0.25, -0.2) is 0 Å². The Morgan fingerprint density at radius 3 is 2.35 bits per heavy atom. The van der Waals surface area contributed by atoms with Gasteiger partial charge in [-0.15, -0.1) is 0 Å². The molecule has 3 heteroatoms. The molecule has 1 heterocycles. The second kappa shape index (κ2) is 5.60. The zero-order valence-corrected chi connectivity index (χ0v) is 9.97. The first kappa shape index (κ1) is 11.8. The van der Waals surface area contributed by atoms with E-state index in [1.807, 2.05) is 24.3 Å². The largest absolute Gasteiger partial charge is 0.303 e. The molecule has 0 aliphatic carbocycles. The highest BCUT2D eigenvalue weighted by molar-refractivity contribution is 6.30. The topological polar surface area (TPSA) is 30.0 Å². The first-order valence-electron chi connectivity index (χ1n) is 5.39. The Labute approximate surface area is 105 Å². The predicted molar refractivity (Wildman–Crippen MR) is 68.2 cm³/mol. The highest BCUT2D eigenvalue weighted by atomic mass is 35.5. The molecular weight excluding hydrogens is 234 g/mol. The van der Waals surface area contributed by atoms with E-state index in [4.69, 9.17) is 11.6 Å². The van der Waals surface area contributed by atoms with Crippen molar-refractivity contribution in [2.75, 3.05) is 0 Å². The minimum Gasteiger partial charge on any atom is -0.303 e. The van der Waals surface area contributed by atoms with Crippen molar-refractivity contribution in [3.8, 4) is 0 Å². The van der Waals surface area contributed by atoms with E-state index in [-0.39, 0.29) is 5.92 Å². The van der Waals surface area contributed by atoms with Gasteiger partial charge in [0.1, 0.15) is 6.29 Å². The highest BCUT2D eigenvalue weighted by Crippen LogP contribution is 2.20. The van der Waals surface area contributed by atoms with Crippen molar-refractivity contribution in [1.82, 2.24) is 4.98 Å². The van der Waals surface area contributed by atoms with Crippen LogP contribution in [0, 0.1) is 0 Å². The van der Waals surface area contributed by atoms with Crippen LogP contribution in [-0.2, 0) is 11.2 Å². The van der Waals surface area contributed by atoms with Gasteiger partial charge in [-0.3, -0.25) is 4.98 Å². The number of benzene rings is 1. The van der Waals surface area contributed by atoms with Crippen LogP contribution in [0.4, 0.5) is 0 Å². The quantitative estimate of drug-likeness (QED) is 0.774. The van der Waals surface area contributed by atoms with Gasteiger partial charge in [0.15, 0.2) is 0 Å². The van der Waals surface area contributed by atoms with Crippen LogP contribution in [0.15, 0.2) is 48.8 Å². The van der Waals surface area contributed by atoms with E-state index in [0.717, 1.165) is 17.4 Å². The number of carbonyl (C=O) groups is 1. The summed E-state index contributed by atoms with van der Waals surface area (Å²) in [5.41, 5.74) is 2.09. The van der Waals surface area contributed by atoms with Crippen molar-refractivity contribution >= 4 is 17.9 Å². The summed E-state index contributed by atoms with van der Waals surface area (Å²) in [6, 6.07) is 11.2. The molecule has 0 N–H and O–H groups in total. The van der Waals surface area contributed by atoms with Gasteiger partial charge in [0.05, 0.1) is 0 Å². The lowest BCUT2D eigenvalue weighted by Gasteiger charge is -2.10. The SMILES string of the molecule is O=CC(Cc1ccncc1)c1ccc(Cl)cc1. The third-order valence-corrected chi connectivity index (χ3v) is 2.92. The Morgan fingerprint density at radius 1 is 1.12 bits per heavy atom. The Balaban J connectivity index is 2.17. The standard InChI is InChI=1S/C14H12ClNO/c15-14-3-1-12(2-4-14)13(10-17)9-11-5-7-16-8-6-11/h1-8,10,13H,9H2. The number of carbonyl (C=O) groups excluding carboxylic acids is 1. The lowest BCUT2D eigenvalue weighted by molar-refractivity contribution is -0.109. The van der Waals surface area contributed by atoms with E-state index < -0.39 is 0 Å². The van der Waals surface area contributed by atoms with Crippen LogP contribution in [0.2, 0.25) is 5.02 Å². The van der Waals surface area contributed by atoms with E-state index in [2.05, 4.69) is 4.98 Å². The van der Waals surface area contributed by atoms with Crippen LogP contribution in [-0.4, -0.2) is 11.3 Å². The number of halogens is 1. The molecule has 1 aromatic heterocycles. The molecule has 2 rings (SSSR count). The molecule has 86 valence electrons. The summed E-state index contributed by atoms with van der Waals surface area (Å²) in [4.78, 5) is 15.1. The summed E-state index contributed by atoms with van der Waals surface area (Å²) in [7, 11) is 0. The number of hydrogen-bond acceptors (Lipinski definition) is 2. The zero-order valence-electron chi connectivity index (χ0n) is 9.21. The van der Waals surface area contributed by atoms with E-state index in [0.29, 0.717) is 11.4 Å². The molecule has 1 atom stereocenters. The number of nitrogens with zero attached hydrogens (tertiary/aromatic N) is 1. The summed E-state index contributed by atoms with van der Waals surface area (Å²) in [5, 5.41) is 0.683. The normalized spacial score (nSPS) is 12.1. The fourth-order valence-corrected chi connectivity index (χ4v) is 1.85. The van der Waals surface area contributed by atoms with Crippen LogP contribution < -0.4 is 0 Å². The maximum atomic E-state index is 11.1. The molecule has 0 aliphatic rings. The summed E-state index contributed by atoms with van der Waals surface area (Å²) in [6.45, 7) is 0. The number of hydrogen-bond donors (Lipinski definition) is 0. The molecule has 1 aromatic carbocycles. The summed E-state index contributed by atoms with van der Waals surface area (Å²) in [6.07, 6.45) is 5.13. The molecule has 0 saturated heterocycles. The fourth-order valence-electron chi connectivity index (χ4n) is 1.73. The maximum absolute atomic E-state index is 11.1. The third-order valence-electron chi connectivity index (χ3n) is 2.67. The minimum atomic E-state index is -0.130. The van der Waals surface area contributed by atoms with Crippen molar-refractivity contribution in [3.05, 3.63) is 64.9 Å². The minimum absolute atomic E-state index is 0.130. The van der Waals surface area contributed by atoms with Gasteiger partial charge in [-0.05, 0) is 41.8 Å². The Hall–Kier alpha value is -1.67. The molecule has 0 fully saturated rings. The average molecular weight is 246 g/mol. The molecular formula is C14H12ClNO. The summed E-state index contributed by atoms with van der Waals surface area (Å²) >= 11 is 5.82. The number of pyridine rings is 1. The Bertz CT molecular complexity index is 481. The van der Waals surface area contributed by atoms with Crippen LogP contribution in [0.5, 0.6) is 0 Å². The monoisotopic (exact) mass is 245 g/mol. The van der Waals surface area contributed by atoms with Gasteiger partial charge in [0, 0.05) is 23.3 Å². The van der Waals surface area contributed by atoms with Gasteiger partial charge in [-0.1, -0.05) is 23.7 Å². The lowest BCUT2D eigenvalue weighted by atomic mass is 9.94. The summed E-state index contributed by atoms with van der Waals surface area (Å²) in [5.74, 6) is -0.130. The van der Waals surface area contributed by atoms with Crippen molar-refractivity contribution in [2.24, 2.45) is 0 Å². The number of aromatic nitrogens is 1. The van der Waals surface area contributed by atoms with E-state index in [1.165, 1.54) is 0 Å². The molecule has 2 nitrogen and oxygen atoms in total. The van der Waals surface area contributed by atoms with Gasteiger partial charge >= 0.3 is 0 Å². The maximum Gasteiger partial charge on any atom is 0.127 e. The van der Waals surface area contributed by atoms with Gasteiger partial charge in [0.25, 0.3) is 0 Å². The van der Waals surface area contributed by atoms with Crippen LogP contribution in [0.3, 0.4) is 0 Å². The molecule has 0 amide bonds. The fraction of sp³-hybridized carbons (Fsp3) is 0.143. The molecule has 0 spiro atoms. The van der Waals surface area contributed by atoms with Crippen LogP contribution >= 0.6 is 11.6 Å². The number of rotatable bonds is 4. The molecule has 0 saturated carbocycles. The van der Waals surface area contributed by atoms with E-state index in [1.54, 1.807) is 24.5 Å². The van der Waals surface area contributed by atoms with E-state index in [9.17, 15) is 4.79 Å². The zero-order chi connectivity index (χ0) is 12.1. The van der Waals surface area contributed by atoms with Gasteiger partial charge in [0.2, 0.25) is 0 Å². The second-order valence-corrected chi connectivity index (χ2v) is 4.29. The van der Waals surface area contributed by atoms with Crippen molar-refractivity contribution in [1.29, 1.82) is 0 Å². The van der Waals surface area contributed by atoms with Crippen LogP contribution in [0.25, 0.3) is 0 Å². The van der Waals surface area contributed by atoms with Crippen molar-refractivity contribution in [3.63, 3.8) is 0 Å². The lowest BCUT2D eigenvalue weighted by Crippen LogP contribution is -2.04.